The van der Waals surface area contributed by atoms with Crippen molar-refractivity contribution >= 4 is 23.7 Å². The van der Waals surface area contributed by atoms with E-state index in [0.717, 1.165) is 32.8 Å². The number of carbonyl (C=O) groups excluding carboxylic acids is 2. The van der Waals surface area contributed by atoms with Crippen molar-refractivity contribution in [3.8, 4) is 5.75 Å². The molecule has 1 heterocycles. The Bertz CT molecular complexity index is 1600. The summed E-state index contributed by atoms with van der Waals surface area (Å²) in [6.07, 6.45) is 1.51. The Kier molecular flexibility index (Phi) is 5.55. The fourth-order valence-electron chi connectivity index (χ4n) is 6.46. The van der Waals surface area contributed by atoms with E-state index < -0.39 is 16.8 Å². The number of hydrogen-bond acceptors (Lipinski definition) is 6. The minimum atomic E-state index is -0.476. The van der Waals surface area contributed by atoms with Gasteiger partial charge in [-0.25, -0.2) is 0 Å². The molecule has 1 aliphatic heterocycles. The maximum Gasteiger partial charge on any atom is 0.269 e. The molecule has 2 bridgehead atoms. The zero-order chi connectivity index (χ0) is 27.4. The Morgan fingerprint density at radius 3 is 1.85 bits per heavy atom. The zero-order valence-corrected chi connectivity index (χ0v) is 21.2. The predicted octanol–water partition coefficient (Wildman–Crippen LogP) is 5.40. The lowest BCUT2D eigenvalue weighted by Gasteiger charge is -2.45. The maximum absolute atomic E-state index is 13.7. The van der Waals surface area contributed by atoms with Gasteiger partial charge in [0.15, 0.2) is 0 Å². The molecule has 0 N–H and O–H groups in total. The molecule has 2 amide bonds. The van der Waals surface area contributed by atoms with Gasteiger partial charge in [-0.05, 0) is 57.6 Å². The van der Waals surface area contributed by atoms with Crippen molar-refractivity contribution in [3.05, 3.63) is 141 Å². The van der Waals surface area contributed by atoms with Crippen molar-refractivity contribution in [3.63, 3.8) is 0 Å². The highest BCUT2D eigenvalue weighted by Crippen LogP contribution is 2.60. The molecule has 196 valence electrons. The van der Waals surface area contributed by atoms with Crippen molar-refractivity contribution in [1.82, 2.24) is 5.01 Å². The van der Waals surface area contributed by atoms with Crippen LogP contribution in [0.2, 0.25) is 0 Å². The summed E-state index contributed by atoms with van der Waals surface area (Å²) in [5.74, 6) is -1.26. The van der Waals surface area contributed by atoms with E-state index in [9.17, 15) is 19.7 Å². The molecule has 8 rings (SSSR count). The molecule has 0 unspecified atom stereocenters. The Morgan fingerprint density at radius 2 is 1.32 bits per heavy atom. The number of hydrogen-bond donors (Lipinski definition) is 0. The van der Waals surface area contributed by atoms with E-state index in [-0.39, 0.29) is 35.9 Å². The van der Waals surface area contributed by atoms with Gasteiger partial charge in [0.05, 0.1) is 23.0 Å². The van der Waals surface area contributed by atoms with Crippen molar-refractivity contribution in [2.75, 3.05) is 0 Å². The number of carbonyl (C=O) groups is 2. The summed E-state index contributed by atoms with van der Waals surface area (Å²) < 4.78 is 5.85. The van der Waals surface area contributed by atoms with Crippen LogP contribution in [0.5, 0.6) is 5.75 Å². The lowest BCUT2D eigenvalue weighted by molar-refractivity contribution is -0.384. The number of benzene rings is 4. The molecule has 1 fully saturated rings. The van der Waals surface area contributed by atoms with Crippen molar-refractivity contribution in [2.24, 2.45) is 16.9 Å². The molecule has 8 heteroatoms. The van der Waals surface area contributed by atoms with Crippen molar-refractivity contribution in [2.45, 2.75) is 18.4 Å². The number of amides is 2. The van der Waals surface area contributed by atoms with E-state index in [1.807, 2.05) is 30.3 Å². The lowest BCUT2D eigenvalue weighted by Crippen LogP contribution is -2.41. The third kappa shape index (κ3) is 3.71. The van der Waals surface area contributed by atoms with E-state index in [2.05, 4.69) is 29.4 Å². The molecule has 4 aromatic rings. The number of rotatable bonds is 6. The van der Waals surface area contributed by atoms with Gasteiger partial charge >= 0.3 is 0 Å². The average molecular weight is 530 g/mol. The second-order valence-electron chi connectivity index (χ2n) is 10.3. The van der Waals surface area contributed by atoms with Crippen LogP contribution in [0.3, 0.4) is 0 Å². The first-order valence-electron chi connectivity index (χ1n) is 13.1. The number of nitrogens with zero attached hydrogens (tertiary/aromatic N) is 3. The molecule has 40 heavy (non-hydrogen) atoms. The molecular formula is C32H23N3O5. The smallest absolute Gasteiger partial charge is 0.269 e. The molecule has 1 saturated heterocycles. The van der Waals surface area contributed by atoms with Crippen LogP contribution in [-0.4, -0.2) is 28.0 Å². The first kappa shape index (κ1) is 24.0. The van der Waals surface area contributed by atoms with Crippen LogP contribution in [-0.2, 0) is 16.2 Å². The van der Waals surface area contributed by atoms with Crippen LogP contribution >= 0.6 is 0 Å². The monoisotopic (exact) mass is 529 g/mol. The largest absolute Gasteiger partial charge is 0.489 e. The molecule has 0 aromatic heterocycles. The topological polar surface area (TPSA) is 102 Å². The minimum Gasteiger partial charge on any atom is -0.489 e. The normalized spacial score (nSPS) is 22.2. The first-order chi connectivity index (χ1) is 19.5. The van der Waals surface area contributed by atoms with E-state index >= 15 is 0 Å². The number of nitro benzene ring substituents is 1. The number of non-ortho nitro benzene ring substituents is 1. The Balaban J connectivity index is 1.12. The van der Waals surface area contributed by atoms with E-state index in [1.54, 1.807) is 30.3 Å². The summed E-state index contributed by atoms with van der Waals surface area (Å²) in [4.78, 5) is 37.8. The Hall–Kier alpha value is -5.11. The van der Waals surface area contributed by atoms with Gasteiger partial charge in [-0.3, -0.25) is 19.7 Å². The van der Waals surface area contributed by atoms with Gasteiger partial charge in [0.25, 0.3) is 17.5 Å². The summed E-state index contributed by atoms with van der Waals surface area (Å²) in [7, 11) is 0. The molecule has 8 nitrogen and oxygen atoms in total. The molecular weight excluding hydrogens is 506 g/mol. The molecule has 0 spiro atoms. The lowest BCUT2D eigenvalue weighted by atomic mass is 9.55. The molecule has 3 aliphatic carbocycles. The van der Waals surface area contributed by atoms with Gasteiger partial charge in [0.2, 0.25) is 0 Å². The van der Waals surface area contributed by atoms with Gasteiger partial charge in [-0.1, -0.05) is 60.7 Å². The summed E-state index contributed by atoms with van der Waals surface area (Å²) >= 11 is 0. The second-order valence-corrected chi connectivity index (χ2v) is 10.3. The van der Waals surface area contributed by atoms with Crippen molar-refractivity contribution < 1.29 is 19.2 Å². The SMILES string of the molecule is O=C1[C@@H]2C3c4ccccc4C(c4ccccc43)[C@@H]2C(=O)N1/N=C\c1cccc(OCc2ccc([N+](=O)[O-])cc2)c1. The number of nitro groups is 1. The number of hydrazone groups is 1. The highest BCUT2D eigenvalue weighted by Gasteiger charge is 2.61. The Labute approximate surface area is 229 Å². The quantitative estimate of drug-likeness (QED) is 0.144. The van der Waals surface area contributed by atoms with Gasteiger partial charge in [-0.2, -0.15) is 10.1 Å². The fraction of sp³-hybridized carbons (Fsp3) is 0.156. The number of ether oxygens (including phenoxy) is 1. The fourth-order valence-corrected chi connectivity index (χ4v) is 6.46. The van der Waals surface area contributed by atoms with Crippen LogP contribution in [0.25, 0.3) is 0 Å². The third-order valence-corrected chi connectivity index (χ3v) is 8.16. The summed E-state index contributed by atoms with van der Waals surface area (Å²) in [5.41, 5.74) is 5.97. The van der Waals surface area contributed by atoms with Crippen LogP contribution in [0.15, 0.2) is 102 Å². The van der Waals surface area contributed by atoms with Gasteiger partial charge in [0, 0.05) is 24.0 Å². The van der Waals surface area contributed by atoms with Crippen LogP contribution < -0.4 is 4.74 Å². The highest BCUT2D eigenvalue weighted by atomic mass is 16.6. The van der Waals surface area contributed by atoms with E-state index in [0.29, 0.717) is 11.3 Å². The molecule has 0 radical (unpaired) electrons. The van der Waals surface area contributed by atoms with Gasteiger partial charge < -0.3 is 4.74 Å². The van der Waals surface area contributed by atoms with Crippen molar-refractivity contribution in [1.29, 1.82) is 0 Å². The number of imide groups is 1. The maximum atomic E-state index is 13.7. The predicted molar refractivity (Wildman–Crippen MR) is 147 cm³/mol. The third-order valence-electron chi connectivity index (χ3n) is 8.16. The summed E-state index contributed by atoms with van der Waals surface area (Å²) in [6.45, 7) is 0.231. The summed E-state index contributed by atoms with van der Waals surface area (Å²) in [6, 6.07) is 29.6. The second kappa shape index (κ2) is 9.27. The molecule has 0 saturated carbocycles. The van der Waals surface area contributed by atoms with Crippen LogP contribution in [0.1, 0.15) is 45.2 Å². The molecule has 2 atom stereocenters. The summed E-state index contributed by atoms with van der Waals surface area (Å²) in [5, 5.41) is 16.3. The van der Waals surface area contributed by atoms with Gasteiger partial charge in [0.1, 0.15) is 12.4 Å². The molecule has 4 aliphatic rings. The zero-order valence-electron chi connectivity index (χ0n) is 21.2. The standard InChI is InChI=1S/C32H23N3O5/c36-31-29-27-23-8-1-2-9-24(23)28(26-11-4-3-10-25(26)27)30(29)32(37)34(31)33-17-20-6-5-7-22(16-20)40-18-19-12-14-21(15-13-19)35(38)39/h1-17,27-30H,18H2/b33-17-/t27?,28?,29-,30+. The van der Waals surface area contributed by atoms with Crippen LogP contribution in [0.4, 0.5) is 5.69 Å². The van der Waals surface area contributed by atoms with Gasteiger partial charge in [-0.15, -0.1) is 0 Å². The van der Waals surface area contributed by atoms with E-state index in [1.165, 1.54) is 18.3 Å². The van der Waals surface area contributed by atoms with E-state index in [4.69, 9.17) is 4.74 Å². The highest BCUT2D eigenvalue weighted by molar-refractivity contribution is 6.08. The first-order valence-corrected chi connectivity index (χ1v) is 13.1. The Morgan fingerprint density at radius 1 is 0.775 bits per heavy atom. The molecule has 4 aromatic carbocycles. The minimum absolute atomic E-state index is 0.0218. The average Bonchev–Trinajstić information content (AvgIpc) is 3.24. The van der Waals surface area contributed by atoms with Crippen LogP contribution in [0, 0.1) is 22.0 Å².